The van der Waals surface area contributed by atoms with Crippen LogP contribution in [0.1, 0.15) is 25.5 Å². The van der Waals surface area contributed by atoms with Crippen molar-refractivity contribution in [3.05, 3.63) is 42.2 Å². The second-order valence-electron chi connectivity index (χ2n) is 4.17. The van der Waals surface area contributed by atoms with Crippen molar-refractivity contribution in [2.24, 2.45) is 0 Å². The Morgan fingerprint density at radius 3 is 2.94 bits per heavy atom. The van der Waals surface area contributed by atoms with Crippen LogP contribution >= 0.6 is 0 Å². The van der Waals surface area contributed by atoms with E-state index in [2.05, 4.69) is 53.0 Å². The third-order valence-corrected chi connectivity index (χ3v) is 3.13. The highest BCUT2D eigenvalue weighted by atomic mass is 15.1. The number of aryl methyl sites for hydroxylation is 1. The summed E-state index contributed by atoms with van der Waals surface area (Å²) in [6, 6.07) is 8.91. The van der Waals surface area contributed by atoms with Crippen LogP contribution in [0.2, 0.25) is 0 Å². The van der Waals surface area contributed by atoms with E-state index in [0.717, 1.165) is 12.4 Å². The molecule has 0 aliphatic carbocycles. The average Bonchev–Trinajstić information content (AvgIpc) is 2.86. The molecule has 0 spiro atoms. The summed E-state index contributed by atoms with van der Waals surface area (Å²) in [5, 5.41) is 3.26. The number of aromatic nitrogens is 2. The third-order valence-electron chi connectivity index (χ3n) is 3.13. The lowest BCUT2D eigenvalue weighted by molar-refractivity contribution is 0.652. The van der Waals surface area contributed by atoms with E-state index >= 15 is 0 Å². The Morgan fingerprint density at radius 2 is 2.24 bits per heavy atom. The fraction of sp³-hybridized carbons (Fsp3) is 0.357. The summed E-state index contributed by atoms with van der Waals surface area (Å²) in [5.74, 6) is 1.04. The van der Waals surface area contributed by atoms with Crippen LogP contribution < -0.4 is 5.32 Å². The normalized spacial score (nSPS) is 12.6. The molecule has 3 nitrogen and oxygen atoms in total. The molecule has 0 bridgehead atoms. The van der Waals surface area contributed by atoms with Crippen LogP contribution in [-0.4, -0.2) is 16.6 Å². The van der Waals surface area contributed by atoms with Gasteiger partial charge in [0.2, 0.25) is 0 Å². The maximum absolute atomic E-state index is 4.43. The largest absolute Gasteiger partial charge is 0.331 e. The standard InChI is InChI=1S/C14H19N3/c1-4-17-9-8-16-14(17)13-7-5-6-12(10-13)11(2)15-3/h5-11,15H,4H2,1-3H3. The Kier molecular flexibility index (Phi) is 3.59. The molecule has 17 heavy (non-hydrogen) atoms. The van der Waals surface area contributed by atoms with Gasteiger partial charge < -0.3 is 9.88 Å². The minimum atomic E-state index is 0.361. The average molecular weight is 229 g/mol. The van der Waals surface area contributed by atoms with Crippen molar-refractivity contribution in [2.75, 3.05) is 7.05 Å². The highest BCUT2D eigenvalue weighted by Gasteiger charge is 2.07. The highest BCUT2D eigenvalue weighted by Crippen LogP contribution is 2.21. The molecule has 1 heterocycles. The van der Waals surface area contributed by atoms with E-state index in [9.17, 15) is 0 Å². The number of hydrogen-bond donors (Lipinski definition) is 1. The van der Waals surface area contributed by atoms with E-state index in [0.29, 0.717) is 6.04 Å². The molecule has 0 amide bonds. The first kappa shape index (κ1) is 11.9. The van der Waals surface area contributed by atoms with Crippen molar-refractivity contribution < 1.29 is 0 Å². The number of benzene rings is 1. The summed E-state index contributed by atoms with van der Waals surface area (Å²) in [5.41, 5.74) is 2.46. The van der Waals surface area contributed by atoms with E-state index in [-0.39, 0.29) is 0 Å². The summed E-state index contributed by atoms with van der Waals surface area (Å²) < 4.78 is 2.16. The van der Waals surface area contributed by atoms with E-state index in [4.69, 9.17) is 0 Å². The van der Waals surface area contributed by atoms with Crippen LogP contribution in [0.15, 0.2) is 36.7 Å². The van der Waals surface area contributed by atoms with E-state index < -0.39 is 0 Å². The molecule has 0 saturated heterocycles. The molecule has 1 aromatic carbocycles. The van der Waals surface area contributed by atoms with Crippen molar-refractivity contribution in [2.45, 2.75) is 26.4 Å². The molecule has 90 valence electrons. The second-order valence-corrected chi connectivity index (χ2v) is 4.17. The Morgan fingerprint density at radius 1 is 1.41 bits per heavy atom. The quantitative estimate of drug-likeness (QED) is 0.873. The van der Waals surface area contributed by atoms with Crippen LogP contribution in [0, 0.1) is 0 Å². The summed E-state index contributed by atoms with van der Waals surface area (Å²) in [6.45, 7) is 5.23. The maximum Gasteiger partial charge on any atom is 0.139 e. The zero-order valence-corrected chi connectivity index (χ0v) is 10.6. The monoisotopic (exact) mass is 229 g/mol. The summed E-state index contributed by atoms with van der Waals surface area (Å²) >= 11 is 0. The predicted molar refractivity (Wildman–Crippen MR) is 70.8 cm³/mol. The van der Waals surface area contributed by atoms with E-state index in [1.54, 1.807) is 0 Å². The van der Waals surface area contributed by atoms with Gasteiger partial charge in [-0.05, 0) is 32.5 Å². The summed E-state index contributed by atoms with van der Waals surface area (Å²) in [4.78, 5) is 4.43. The molecule has 1 aromatic heterocycles. The highest BCUT2D eigenvalue weighted by molar-refractivity contribution is 5.57. The van der Waals surface area contributed by atoms with Crippen LogP contribution in [0.5, 0.6) is 0 Å². The third kappa shape index (κ3) is 2.39. The van der Waals surface area contributed by atoms with Gasteiger partial charge in [-0.15, -0.1) is 0 Å². The van der Waals surface area contributed by atoms with Crippen molar-refractivity contribution in [1.82, 2.24) is 14.9 Å². The van der Waals surface area contributed by atoms with Crippen molar-refractivity contribution in [3.8, 4) is 11.4 Å². The molecule has 1 unspecified atom stereocenters. The molecule has 0 radical (unpaired) electrons. The molecule has 0 fully saturated rings. The Bertz CT molecular complexity index is 488. The molecule has 2 rings (SSSR count). The van der Waals surface area contributed by atoms with Crippen molar-refractivity contribution >= 4 is 0 Å². The zero-order chi connectivity index (χ0) is 12.3. The minimum Gasteiger partial charge on any atom is -0.331 e. The van der Waals surface area contributed by atoms with Gasteiger partial charge >= 0.3 is 0 Å². The molecule has 3 heteroatoms. The van der Waals surface area contributed by atoms with E-state index in [1.807, 2.05) is 19.4 Å². The summed E-state index contributed by atoms with van der Waals surface area (Å²) in [6.07, 6.45) is 3.87. The number of nitrogens with one attached hydrogen (secondary N) is 1. The van der Waals surface area contributed by atoms with Gasteiger partial charge in [0.25, 0.3) is 0 Å². The number of nitrogens with zero attached hydrogens (tertiary/aromatic N) is 2. The number of imidazole rings is 1. The van der Waals surface area contributed by atoms with Gasteiger partial charge in [0.15, 0.2) is 0 Å². The fourth-order valence-electron chi connectivity index (χ4n) is 1.94. The number of hydrogen-bond acceptors (Lipinski definition) is 2. The first-order chi connectivity index (χ1) is 8.26. The maximum atomic E-state index is 4.43. The van der Waals surface area contributed by atoms with Crippen molar-refractivity contribution in [3.63, 3.8) is 0 Å². The Hall–Kier alpha value is -1.61. The van der Waals surface area contributed by atoms with Crippen molar-refractivity contribution in [1.29, 1.82) is 0 Å². The molecular weight excluding hydrogens is 210 g/mol. The first-order valence-corrected chi connectivity index (χ1v) is 6.05. The SMILES string of the molecule is CCn1ccnc1-c1cccc(C(C)NC)c1. The van der Waals surface area contributed by atoms with Gasteiger partial charge in [-0.2, -0.15) is 0 Å². The summed E-state index contributed by atoms with van der Waals surface area (Å²) in [7, 11) is 1.98. The topological polar surface area (TPSA) is 29.9 Å². The molecule has 1 atom stereocenters. The molecule has 0 saturated carbocycles. The molecule has 0 aliphatic heterocycles. The van der Waals surface area contributed by atoms with Gasteiger partial charge in [0, 0.05) is 30.5 Å². The number of rotatable bonds is 4. The molecular formula is C14H19N3. The fourth-order valence-corrected chi connectivity index (χ4v) is 1.94. The van der Waals surface area contributed by atoms with Crippen LogP contribution in [-0.2, 0) is 6.54 Å². The Labute approximate surface area is 103 Å². The predicted octanol–water partition coefficient (Wildman–Crippen LogP) is 2.85. The minimum absolute atomic E-state index is 0.361. The first-order valence-electron chi connectivity index (χ1n) is 6.05. The van der Waals surface area contributed by atoms with Gasteiger partial charge in [-0.1, -0.05) is 18.2 Å². The lowest BCUT2D eigenvalue weighted by Gasteiger charge is -2.12. The Balaban J connectivity index is 2.39. The molecule has 2 aromatic rings. The van der Waals surface area contributed by atoms with Crippen LogP contribution in [0.3, 0.4) is 0 Å². The van der Waals surface area contributed by atoms with Crippen LogP contribution in [0.4, 0.5) is 0 Å². The lowest BCUT2D eigenvalue weighted by Crippen LogP contribution is -2.12. The molecule has 1 N–H and O–H groups in total. The smallest absolute Gasteiger partial charge is 0.139 e. The second kappa shape index (κ2) is 5.15. The lowest BCUT2D eigenvalue weighted by atomic mass is 10.0. The van der Waals surface area contributed by atoms with Gasteiger partial charge in [0.05, 0.1) is 0 Å². The molecule has 0 aliphatic rings. The van der Waals surface area contributed by atoms with Gasteiger partial charge in [-0.25, -0.2) is 4.98 Å². The van der Waals surface area contributed by atoms with Gasteiger partial charge in [0.1, 0.15) is 5.82 Å². The van der Waals surface area contributed by atoms with E-state index in [1.165, 1.54) is 11.1 Å². The zero-order valence-electron chi connectivity index (χ0n) is 10.6. The van der Waals surface area contributed by atoms with Crippen LogP contribution in [0.25, 0.3) is 11.4 Å². The van der Waals surface area contributed by atoms with Gasteiger partial charge in [-0.3, -0.25) is 0 Å².